The number of aryl methyl sites for hydroxylation is 1. The fourth-order valence-electron chi connectivity index (χ4n) is 3.47. The van der Waals surface area contributed by atoms with E-state index in [1.54, 1.807) is 6.07 Å². The number of anilines is 2. The van der Waals surface area contributed by atoms with Crippen molar-refractivity contribution in [2.45, 2.75) is 26.7 Å². The average molecular weight is 400 g/mol. The molecule has 2 N–H and O–H groups in total. The highest BCUT2D eigenvalue weighted by Crippen LogP contribution is 2.27. The van der Waals surface area contributed by atoms with E-state index in [-0.39, 0.29) is 23.8 Å². The molecule has 1 atom stereocenters. The molecule has 0 aliphatic carbocycles. The van der Waals surface area contributed by atoms with Gasteiger partial charge in [-0.1, -0.05) is 42.8 Å². The van der Waals surface area contributed by atoms with Crippen LogP contribution in [0.2, 0.25) is 5.02 Å². The van der Waals surface area contributed by atoms with Gasteiger partial charge in [0.15, 0.2) is 0 Å². The predicted molar refractivity (Wildman–Crippen MR) is 114 cm³/mol. The zero-order valence-corrected chi connectivity index (χ0v) is 17.0. The smallest absolute Gasteiger partial charge is 0.321 e. The molecule has 2 aromatic carbocycles. The maximum absolute atomic E-state index is 12.6. The summed E-state index contributed by atoms with van der Waals surface area (Å²) in [4.78, 5) is 26.8. The van der Waals surface area contributed by atoms with E-state index in [2.05, 4.69) is 10.6 Å². The standard InChI is InChI=1S/C22H26ClN3O2/c1-15-8-9-19(14-20(15)23)24-21(27)16(2)17-10-12-26(13-11-17)22(28)25-18-6-4-3-5-7-18/h3-9,14,16-17H,10-13H2,1-2H3,(H,24,27)(H,25,28). The Kier molecular flexibility index (Phi) is 6.57. The molecule has 3 amide bonds. The number of rotatable bonds is 4. The minimum Gasteiger partial charge on any atom is -0.326 e. The quantitative estimate of drug-likeness (QED) is 0.745. The van der Waals surface area contributed by atoms with Gasteiger partial charge in [0.05, 0.1) is 0 Å². The van der Waals surface area contributed by atoms with Crippen molar-refractivity contribution in [1.29, 1.82) is 0 Å². The highest BCUT2D eigenvalue weighted by Gasteiger charge is 2.30. The van der Waals surface area contributed by atoms with Gasteiger partial charge in [0.1, 0.15) is 0 Å². The van der Waals surface area contributed by atoms with E-state index < -0.39 is 0 Å². The van der Waals surface area contributed by atoms with Crippen LogP contribution < -0.4 is 10.6 Å². The van der Waals surface area contributed by atoms with Gasteiger partial charge in [-0.2, -0.15) is 0 Å². The lowest BCUT2D eigenvalue weighted by Gasteiger charge is -2.34. The van der Waals surface area contributed by atoms with Gasteiger partial charge in [0.25, 0.3) is 0 Å². The summed E-state index contributed by atoms with van der Waals surface area (Å²) in [5, 5.41) is 6.52. The summed E-state index contributed by atoms with van der Waals surface area (Å²) in [7, 11) is 0. The number of halogens is 1. The lowest BCUT2D eigenvalue weighted by atomic mass is 9.85. The fraction of sp³-hybridized carbons (Fsp3) is 0.364. The number of carbonyl (C=O) groups excluding carboxylic acids is 2. The molecule has 1 unspecified atom stereocenters. The summed E-state index contributed by atoms with van der Waals surface area (Å²) in [6.07, 6.45) is 1.62. The summed E-state index contributed by atoms with van der Waals surface area (Å²) in [5.74, 6) is 0.119. The maximum Gasteiger partial charge on any atom is 0.321 e. The number of benzene rings is 2. The second-order valence-electron chi connectivity index (χ2n) is 7.36. The third kappa shape index (κ3) is 5.04. The van der Waals surface area contributed by atoms with Crippen LogP contribution in [0.5, 0.6) is 0 Å². The molecule has 0 radical (unpaired) electrons. The normalized spacial score (nSPS) is 15.8. The number of nitrogens with zero attached hydrogens (tertiary/aromatic N) is 1. The van der Waals surface area contributed by atoms with Crippen LogP contribution in [0.3, 0.4) is 0 Å². The molecule has 2 aromatic rings. The third-order valence-corrected chi connectivity index (χ3v) is 5.82. The molecule has 3 rings (SSSR count). The van der Waals surface area contributed by atoms with Gasteiger partial charge in [-0.3, -0.25) is 4.79 Å². The second kappa shape index (κ2) is 9.11. The number of likely N-dealkylation sites (tertiary alicyclic amines) is 1. The molecular weight excluding hydrogens is 374 g/mol. The maximum atomic E-state index is 12.6. The van der Waals surface area contributed by atoms with E-state index in [4.69, 9.17) is 11.6 Å². The van der Waals surface area contributed by atoms with Gasteiger partial charge in [0.2, 0.25) is 5.91 Å². The SMILES string of the molecule is Cc1ccc(NC(=O)C(C)C2CCN(C(=O)Nc3ccccc3)CC2)cc1Cl. The van der Waals surface area contributed by atoms with Crippen LogP contribution in [0.1, 0.15) is 25.3 Å². The van der Waals surface area contributed by atoms with Gasteiger partial charge < -0.3 is 15.5 Å². The summed E-state index contributed by atoms with van der Waals surface area (Å²) in [6, 6.07) is 14.9. The Labute approximate surface area is 171 Å². The number of nitrogens with one attached hydrogen (secondary N) is 2. The molecule has 0 spiro atoms. The molecule has 0 saturated carbocycles. The Morgan fingerprint density at radius 1 is 1.04 bits per heavy atom. The molecule has 0 aromatic heterocycles. The average Bonchev–Trinajstić information content (AvgIpc) is 2.71. The highest BCUT2D eigenvalue weighted by molar-refractivity contribution is 6.31. The third-order valence-electron chi connectivity index (χ3n) is 5.41. The zero-order valence-electron chi connectivity index (χ0n) is 16.2. The van der Waals surface area contributed by atoms with Gasteiger partial charge in [-0.05, 0) is 55.5 Å². The minimum atomic E-state index is -0.126. The Bertz CT molecular complexity index is 833. The summed E-state index contributed by atoms with van der Waals surface area (Å²) in [5.41, 5.74) is 2.49. The van der Waals surface area contributed by atoms with Crippen LogP contribution in [0, 0.1) is 18.8 Å². The number of urea groups is 1. The van der Waals surface area contributed by atoms with E-state index in [9.17, 15) is 9.59 Å². The van der Waals surface area contributed by atoms with Crippen LogP contribution >= 0.6 is 11.6 Å². The van der Waals surface area contributed by atoms with Crippen molar-refractivity contribution >= 4 is 34.9 Å². The van der Waals surface area contributed by atoms with Crippen molar-refractivity contribution in [3.8, 4) is 0 Å². The van der Waals surface area contributed by atoms with Crippen molar-refractivity contribution < 1.29 is 9.59 Å². The molecule has 1 heterocycles. The number of hydrogen-bond donors (Lipinski definition) is 2. The summed E-state index contributed by atoms with van der Waals surface area (Å²) in [6.45, 7) is 5.18. The van der Waals surface area contributed by atoms with Crippen LogP contribution in [-0.4, -0.2) is 29.9 Å². The Morgan fingerprint density at radius 3 is 2.36 bits per heavy atom. The Balaban J connectivity index is 1.50. The van der Waals surface area contributed by atoms with Gasteiger partial charge in [-0.25, -0.2) is 4.79 Å². The van der Waals surface area contributed by atoms with Crippen LogP contribution in [0.25, 0.3) is 0 Å². The monoisotopic (exact) mass is 399 g/mol. The van der Waals surface area contributed by atoms with E-state index in [1.807, 2.05) is 61.2 Å². The first-order chi connectivity index (χ1) is 13.4. The van der Waals surface area contributed by atoms with E-state index in [0.29, 0.717) is 23.8 Å². The lowest BCUT2D eigenvalue weighted by molar-refractivity contribution is -0.121. The molecule has 28 heavy (non-hydrogen) atoms. The van der Waals surface area contributed by atoms with Crippen molar-refractivity contribution in [3.63, 3.8) is 0 Å². The molecule has 148 valence electrons. The first-order valence-electron chi connectivity index (χ1n) is 9.62. The molecule has 1 saturated heterocycles. The molecule has 6 heteroatoms. The van der Waals surface area contributed by atoms with Crippen molar-refractivity contribution in [1.82, 2.24) is 4.90 Å². The van der Waals surface area contributed by atoms with E-state index in [0.717, 1.165) is 24.1 Å². The second-order valence-corrected chi connectivity index (χ2v) is 7.77. The topological polar surface area (TPSA) is 61.4 Å². The van der Waals surface area contributed by atoms with Gasteiger partial charge >= 0.3 is 6.03 Å². The number of hydrogen-bond acceptors (Lipinski definition) is 2. The molecule has 1 aliphatic rings. The predicted octanol–water partition coefficient (Wildman–Crippen LogP) is 5.17. The van der Waals surface area contributed by atoms with E-state index in [1.165, 1.54) is 0 Å². The zero-order chi connectivity index (χ0) is 20.1. The lowest BCUT2D eigenvalue weighted by Crippen LogP contribution is -2.43. The minimum absolute atomic E-state index is 0.00731. The molecule has 1 aliphatic heterocycles. The van der Waals surface area contributed by atoms with Gasteiger partial charge in [-0.15, -0.1) is 0 Å². The molecule has 1 fully saturated rings. The molecular formula is C22H26ClN3O2. The largest absolute Gasteiger partial charge is 0.326 e. The molecule has 0 bridgehead atoms. The first-order valence-corrected chi connectivity index (χ1v) is 10.00. The fourth-order valence-corrected chi connectivity index (χ4v) is 3.65. The summed E-state index contributed by atoms with van der Waals surface area (Å²) >= 11 is 6.13. The van der Waals surface area contributed by atoms with Crippen molar-refractivity contribution in [2.24, 2.45) is 11.8 Å². The number of piperidine rings is 1. The Hall–Kier alpha value is -2.53. The van der Waals surface area contributed by atoms with Crippen molar-refractivity contribution in [2.75, 3.05) is 23.7 Å². The number of para-hydroxylation sites is 1. The first kappa shape index (κ1) is 20.2. The van der Waals surface area contributed by atoms with Crippen LogP contribution in [-0.2, 0) is 4.79 Å². The van der Waals surface area contributed by atoms with Gasteiger partial charge in [0, 0.05) is 35.4 Å². The number of amides is 3. The van der Waals surface area contributed by atoms with E-state index >= 15 is 0 Å². The highest BCUT2D eigenvalue weighted by atomic mass is 35.5. The van der Waals surface area contributed by atoms with Crippen molar-refractivity contribution in [3.05, 3.63) is 59.1 Å². The summed E-state index contributed by atoms with van der Waals surface area (Å²) < 4.78 is 0. The number of carbonyl (C=O) groups is 2. The Morgan fingerprint density at radius 2 is 1.71 bits per heavy atom. The van der Waals surface area contributed by atoms with Crippen LogP contribution in [0.4, 0.5) is 16.2 Å². The molecule has 5 nitrogen and oxygen atoms in total. The van der Waals surface area contributed by atoms with Crippen LogP contribution in [0.15, 0.2) is 48.5 Å².